The van der Waals surface area contributed by atoms with Crippen molar-refractivity contribution in [2.45, 2.75) is 13.8 Å². The Balaban J connectivity index is 2.32. The Hall–Kier alpha value is -2.70. The quantitative estimate of drug-likeness (QED) is 0.872. The highest BCUT2D eigenvalue weighted by molar-refractivity contribution is 5.70. The molecule has 104 valence electrons. The van der Waals surface area contributed by atoms with E-state index < -0.39 is 11.7 Å². The van der Waals surface area contributed by atoms with Crippen molar-refractivity contribution in [1.29, 1.82) is 0 Å². The smallest absolute Gasteiger partial charge is 0.436 e. The molecule has 1 heterocycles. The molecule has 7 heteroatoms. The van der Waals surface area contributed by atoms with Gasteiger partial charge < -0.3 is 4.74 Å². The molecule has 0 spiro atoms. The first-order chi connectivity index (χ1) is 9.63. The van der Waals surface area contributed by atoms with Crippen molar-refractivity contribution in [3.8, 4) is 0 Å². The zero-order valence-electron chi connectivity index (χ0n) is 11.2. The van der Waals surface area contributed by atoms with Gasteiger partial charge in [-0.3, -0.25) is 9.89 Å². The third-order valence-electron chi connectivity index (χ3n) is 2.51. The van der Waals surface area contributed by atoms with Gasteiger partial charge in [-0.15, -0.1) is 9.80 Å². The van der Waals surface area contributed by atoms with Crippen LogP contribution in [0.1, 0.15) is 12.6 Å². The molecule has 0 fully saturated rings. The molecular weight excluding hydrogens is 260 g/mol. The summed E-state index contributed by atoms with van der Waals surface area (Å²) in [6.07, 6.45) is -0.762. The number of aromatic nitrogens is 2. The number of aryl methyl sites for hydroxylation is 1. The fraction of sp³-hybridized carbons (Fsp3) is 0.231. The van der Waals surface area contributed by atoms with E-state index >= 15 is 0 Å². The van der Waals surface area contributed by atoms with E-state index in [1.54, 1.807) is 26.0 Å². The third kappa shape index (κ3) is 2.82. The van der Waals surface area contributed by atoms with Gasteiger partial charge in [0.2, 0.25) is 0 Å². The average molecular weight is 274 g/mol. The van der Waals surface area contributed by atoms with E-state index in [0.29, 0.717) is 11.4 Å². The summed E-state index contributed by atoms with van der Waals surface area (Å²) in [4.78, 5) is 23.5. The Kier molecular flexibility index (Phi) is 4.09. The van der Waals surface area contributed by atoms with Crippen LogP contribution >= 0.6 is 0 Å². The number of nitrogens with one attached hydrogen (secondary N) is 1. The first-order valence-corrected chi connectivity index (χ1v) is 6.09. The van der Waals surface area contributed by atoms with E-state index in [4.69, 9.17) is 4.74 Å². The second kappa shape index (κ2) is 5.96. The van der Waals surface area contributed by atoms with Gasteiger partial charge in [0.1, 0.15) is 0 Å². The van der Waals surface area contributed by atoms with Gasteiger partial charge in [-0.25, -0.2) is 4.79 Å². The predicted octanol–water partition coefficient (Wildman–Crippen LogP) is 2.90. The summed E-state index contributed by atoms with van der Waals surface area (Å²) >= 11 is 0. The van der Waals surface area contributed by atoms with E-state index in [1.807, 2.05) is 18.2 Å². The molecule has 20 heavy (non-hydrogen) atoms. The van der Waals surface area contributed by atoms with Gasteiger partial charge in [-0.2, -0.15) is 5.11 Å². The van der Waals surface area contributed by atoms with Crippen LogP contribution in [0.25, 0.3) is 0 Å². The van der Waals surface area contributed by atoms with Crippen molar-refractivity contribution in [3.63, 3.8) is 0 Å². The Morgan fingerprint density at radius 1 is 1.30 bits per heavy atom. The summed E-state index contributed by atoms with van der Waals surface area (Å²) in [6, 6.07) is 9.00. The summed E-state index contributed by atoms with van der Waals surface area (Å²) in [6.45, 7) is 3.48. The fourth-order valence-corrected chi connectivity index (χ4v) is 1.57. The Morgan fingerprint density at radius 2 is 2.00 bits per heavy atom. The van der Waals surface area contributed by atoms with E-state index in [9.17, 15) is 9.59 Å². The number of ether oxygens (including phenoxy) is 1. The highest BCUT2D eigenvalue weighted by Gasteiger charge is 2.16. The van der Waals surface area contributed by atoms with Crippen molar-refractivity contribution in [2.24, 2.45) is 10.2 Å². The summed E-state index contributed by atoms with van der Waals surface area (Å²) in [5.41, 5.74) is 0.570. The molecule has 0 saturated carbocycles. The van der Waals surface area contributed by atoms with Crippen LogP contribution in [0.15, 0.2) is 45.4 Å². The Morgan fingerprint density at radius 3 is 2.65 bits per heavy atom. The minimum atomic E-state index is -0.762. The number of nitrogens with zero attached hydrogens (tertiary/aromatic N) is 3. The molecular formula is C13H14N4O3. The fourth-order valence-electron chi connectivity index (χ4n) is 1.57. The second-order valence-electron chi connectivity index (χ2n) is 3.96. The number of hydrogen-bond acceptors (Lipinski definition) is 5. The number of rotatable bonds is 3. The van der Waals surface area contributed by atoms with Gasteiger partial charge in [-0.05, 0) is 26.0 Å². The summed E-state index contributed by atoms with van der Waals surface area (Å²) in [5, 5.41) is 10.5. The maximum atomic E-state index is 12.0. The molecule has 0 aliphatic rings. The molecule has 0 unspecified atom stereocenters. The van der Waals surface area contributed by atoms with Crippen molar-refractivity contribution < 1.29 is 9.53 Å². The Bertz CT molecular complexity index is 685. The molecule has 1 N–H and O–H groups in total. The van der Waals surface area contributed by atoms with Gasteiger partial charge in [-0.1, -0.05) is 18.2 Å². The van der Waals surface area contributed by atoms with Crippen LogP contribution in [-0.2, 0) is 4.74 Å². The van der Waals surface area contributed by atoms with E-state index in [2.05, 4.69) is 15.3 Å². The highest BCUT2D eigenvalue weighted by Crippen LogP contribution is 2.17. The van der Waals surface area contributed by atoms with Crippen molar-refractivity contribution in [2.75, 3.05) is 6.61 Å². The van der Waals surface area contributed by atoms with Crippen LogP contribution < -0.4 is 5.56 Å². The molecule has 7 nitrogen and oxygen atoms in total. The molecule has 0 atom stereocenters. The first kappa shape index (κ1) is 13.7. The van der Waals surface area contributed by atoms with Gasteiger partial charge in [0, 0.05) is 0 Å². The second-order valence-corrected chi connectivity index (χ2v) is 3.96. The third-order valence-corrected chi connectivity index (χ3v) is 2.51. The van der Waals surface area contributed by atoms with Crippen molar-refractivity contribution in [3.05, 3.63) is 46.4 Å². The molecule has 0 aliphatic carbocycles. The number of aromatic amines is 1. The van der Waals surface area contributed by atoms with Gasteiger partial charge in [0.05, 0.1) is 18.0 Å². The van der Waals surface area contributed by atoms with Gasteiger partial charge >= 0.3 is 11.7 Å². The van der Waals surface area contributed by atoms with Crippen LogP contribution in [0, 0.1) is 6.92 Å². The lowest BCUT2D eigenvalue weighted by atomic mass is 10.3. The molecule has 2 rings (SSSR count). The lowest BCUT2D eigenvalue weighted by molar-refractivity contribution is 0.149. The normalized spacial score (nSPS) is 10.9. The molecule has 0 saturated heterocycles. The van der Waals surface area contributed by atoms with E-state index in [-0.39, 0.29) is 12.3 Å². The van der Waals surface area contributed by atoms with Crippen LogP contribution in [-0.4, -0.2) is 22.5 Å². The van der Waals surface area contributed by atoms with Crippen LogP contribution in [0.3, 0.4) is 0 Å². The van der Waals surface area contributed by atoms with Crippen LogP contribution in [0.4, 0.5) is 16.2 Å². The minimum absolute atomic E-state index is 0.0851. The van der Waals surface area contributed by atoms with Crippen LogP contribution in [0.2, 0.25) is 0 Å². The predicted molar refractivity (Wildman–Crippen MR) is 72.8 cm³/mol. The van der Waals surface area contributed by atoms with Crippen molar-refractivity contribution >= 4 is 17.5 Å². The maximum Gasteiger partial charge on any atom is 0.436 e. The molecule has 1 aromatic heterocycles. The largest absolute Gasteiger partial charge is 0.448 e. The van der Waals surface area contributed by atoms with Crippen molar-refractivity contribution in [1.82, 2.24) is 9.78 Å². The van der Waals surface area contributed by atoms with Gasteiger partial charge in [0.15, 0.2) is 5.69 Å². The molecule has 2 aromatic rings. The molecule has 0 bridgehead atoms. The monoisotopic (exact) mass is 274 g/mol. The van der Waals surface area contributed by atoms with E-state index in [1.165, 1.54) is 0 Å². The standard InChI is InChI=1S/C13H14N4O3/c1-3-20-13(19)17-12(18)11(9(2)16-17)15-14-10-7-5-4-6-8-10/h4-8,16H,3H2,1-2H3. The first-order valence-electron chi connectivity index (χ1n) is 6.09. The number of azo groups is 1. The molecule has 0 radical (unpaired) electrons. The molecule has 1 aromatic carbocycles. The summed E-state index contributed by atoms with van der Waals surface area (Å²) < 4.78 is 5.54. The number of carbonyl (C=O) groups is 1. The lowest BCUT2D eigenvalue weighted by Gasteiger charge is -1.99. The number of benzene rings is 1. The zero-order valence-corrected chi connectivity index (χ0v) is 11.2. The summed E-state index contributed by atoms with van der Waals surface area (Å²) in [5.74, 6) is 0. The topological polar surface area (TPSA) is 88.8 Å². The lowest BCUT2D eigenvalue weighted by Crippen LogP contribution is -2.25. The minimum Gasteiger partial charge on any atom is -0.448 e. The highest BCUT2D eigenvalue weighted by atomic mass is 16.6. The average Bonchev–Trinajstić information content (AvgIpc) is 2.73. The van der Waals surface area contributed by atoms with E-state index in [0.717, 1.165) is 4.68 Å². The van der Waals surface area contributed by atoms with Crippen LogP contribution in [0.5, 0.6) is 0 Å². The Labute approximate surface area is 114 Å². The number of H-pyrrole nitrogens is 1. The summed E-state index contributed by atoms with van der Waals surface area (Å²) in [7, 11) is 0. The molecule has 0 amide bonds. The van der Waals surface area contributed by atoms with Gasteiger partial charge in [0.25, 0.3) is 0 Å². The maximum absolute atomic E-state index is 12.0. The SMILES string of the molecule is CCOC(=O)n1[nH]c(C)c(N=Nc2ccccc2)c1=O. The zero-order chi connectivity index (χ0) is 14.5. The number of hydrogen-bond donors (Lipinski definition) is 1. The number of carbonyl (C=O) groups excluding carboxylic acids is 1. The molecule has 0 aliphatic heterocycles.